The van der Waals surface area contributed by atoms with Crippen LogP contribution < -0.4 is 0 Å². The van der Waals surface area contributed by atoms with Crippen molar-refractivity contribution in [3.63, 3.8) is 0 Å². The molecule has 1 aliphatic heterocycles. The van der Waals surface area contributed by atoms with Gasteiger partial charge < -0.3 is 10.0 Å². The minimum Gasteiger partial charge on any atom is -0.390 e. The van der Waals surface area contributed by atoms with Crippen LogP contribution in [0.15, 0.2) is 30.6 Å². The van der Waals surface area contributed by atoms with Gasteiger partial charge in [0, 0.05) is 24.6 Å². The van der Waals surface area contributed by atoms with Crippen molar-refractivity contribution in [2.75, 3.05) is 13.1 Å². The first-order valence-corrected chi connectivity index (χ1v) is 9.40. The molecule has 4 rings (SSSR count). The molecule has 2 aromatic rings. The Balaban J connectivity index is 1.45. The summed E-state index contributed by atoms with van der Waals surface area (Å²) < 4.78 is 1.65. The van der Waals surface area contributed by atoms with Crippen molar-refractivity contribution in [1.29, 1.82) is 0 Å². The minimum atomic E-state index is -0.604. The van der Waals surface area contributed by atoms with Crippen molar-refractivity contribution in [3.8, 4) is 0 Å². The van der Waals surface area contributed by atoms with Gasteiger partial charge in [-0.05, 0) is 53.3 Å². The maximum atomic E-state index is 12.9. The lowest BCUT2D eigenvalue weighted by atomic mass is 9.69. The number of aromatic nitrogens is 4. The predicted molar refractivity (Wildman–Crippen MR) is 95.3 cm³/mol. The van der Waals surface area contributed by atoms with E-state index in [2.05, 4.69) is 22.4 Å². The number of amides is 1. The number of nitrogens with zero attached hydrogens (tertiary/aromatic N) is 5. The summed E-state index contributed by atoms with van der Waals surface area (Å²) in [4.78, 5) is 14.9. The van der Waals surface area contributed by atoms with Gasteiger partial charge in [-0.15, -0.1) is 5.10 Å². The number of carbonyl (C=O) groups is 1. The zero-order valence-electron chi connectivity index (χ0n) is 15.1. The van der Waals surface area contributed by atoms with Gasteiger partial charge in [-0.1, -0.05) is 25.5 Å². The molecule has 1 amide bonds. The van der Waals surface area contributed by atoms with Crippen LogP contribution in [-0.2, 0) is 6.54 Å². The quantitative estimate of drug-likeness (QED) is 0.903. The Morgan fingerprint density at radius 3 is 2.81 bits per heavy atom. The molecule has 1 aromatic carbocycles. The first kappa shape index (κ1) is 17.1. The van der Waals surface area contributed by atoms with Crippen LogP contribution >= 0.6 is 0 Å². The summed E-state index contributed by atoms with van der Waals surface area (Å²) in [5.41, 5.74) is 1.14. The van der Waals surface area contributed by atoms with Gasteiger partial charge in [-0.2, -0.15) is 0 Å². The van der Waals surface area contributed by atoms with Crippen LogP contribution in [0.3, 0.4) is 0 Å². The van der Waals surface area contributed by atoms with E-state index in [-0.39, 0.29) is 11.8 Å². The molecule has 2 aliphatic rings. The Bertz CT molecular complexity index is 761. The van der Waals surface area contributed by atoms with E-state index < -0.39 is 5.60 Å². The largest absolute Gasteiger partial charge is 0.390 e. The van der Waals surface area contributed by atoms with Gasteiger partial charge in [0.15, 0.2) is 0 Å². The molecule has 138 valence electrons. The van der Waals surface area contributed by atoms with Crippen molar-refractivity contribution in [1.82, 2.24) is 25.1 Å². The highest BCUT2D eigenvalue weighted by molar-refractivity contribution is 5.94. The van der Waals surface area contributed by atoms with Crippen LogP contribution in [0.25, 0.3) is 0 Å². The molecule has 26 heavy (non-hydrogen) atoms. The van der Waals surface area contributed by atoms with Crippen molar-refractivity contribution >= 4 is 5.91 Å². The van der Waals surface area contributed by atoms with Crippen molar-refractivity contribution in [2.24, 2.45) is 11.8 Å². The summed E-state index contributed by atoms with van der Waals surface area (Å²) in [5.74, 6) is 0.702. The average molecular weight is 355 g/mol. The van der Waals surface area contributed by atoms with Crippen LogP contribution in [0, 0.1) is 11.8 Å². The average Bonchev–Trinajstić information content (AvgIpc) is 3.32. The number of hydrogen-bond acceptors (Lipinski definition) is 5. The molecule has 0 spiro atoms. The molecule has 0 bridgehead atoms. The topological polar surface area (TPSA) is 84.1 Å². The van der Waals surface area contributed by atoms with Crippen LogP contribution in [0.2, 0.25) is 0 Å². The standard InChI is InChI=1S/C19H25N5O2/c1-2-19(26)9-3-4-16-11-23(12-17(16)19)18(25)15-7-5-14(6-8-15)10-24-13-20-21-22-24/h5-8,13,16-17,26H,2-4,9-12H2,1H3/t16-,17+,19-/m0/s1. The molecule has 3 atom stereocenters. The molecule has 7 nitrogen and oxygen atoms in total. The minimum absolute atomic E-state index is 0.0619. The maximum absolute atomic E-state index is 12.9. The summed E-state index contributed by atoms with van der Waals surface area (Å²) in [6.07, 6.45) is 5.36. The molecular formula is C19H25N5O2. The van der Waals surface area contributed by atoms with Crippen molar-refractivity contribution < 1.29 is 9.90 Å². The summed E-state index contributed by atoms with van der Waals surface area (Å²) in [6, 6.07) is 7.63. The van der Waals surface area contributed by atoms with Gasteiger partial charge in [-0.3, -0.25) is 4.79 Å². The van der Waals surface area contributed by atoms with E-state index in [9.17, 15) is 9.90 Å². The summed E-state index contributed by atoms with van der Waals surface area (Å²) >= 11 is 0. The van der Waals surface area contributed by atoms with Gasteiger partial charge in [-0.25, -0.2) is 4.68 Å². The highest BCUT2D eigenvalue weighted by Crippen LogP contribution is 2.44. The molecule has 1 aromatic heterocycles. The molecule has 1 saturated carbocycles. The van der Waals surface area contributed by atoms with Crippen molar-refractivity contribution in [2.45, 2.75) is 44.8 Å². The predicted octanol–water partition coefficient (Wildman–Crippen LogP) is 1.73. The molecule has 7 heteroatoms. The monoisotopic (exact) mass is 355 g/mol. The van der Waals surface area contributed by atoms with E-state index in [1.807, 2.05) is 29.2 Å². The van der Waals surface area contributed by atoms with Gasteiger partial charge in [0.05, 0.1) is 12.1 Å². The summed E-state index contributed by atoms with van der Waals surface area (Å²) in [7, 11) is 0. The number of hydrogen-bond donors (Lipinski definition) is 1. The Hall–Kier alpha value is -2.28. The fourth-order valence-electron chi connectivity index (χ4n) is 4.61. The molecule has 0 radical (unpaired) electrons. The van der Waals surface area contributed by atoms with Gasteiger partial charge >= 0.3 is 0 Å². The molecule has 0 unspecified atom stereocenters. The summed E-state index contributed by atoms with van der Waals surface area (Å²) in [6.45, 7) is 4.06. The fraction of sp³-hybridized carbons (Fsp3) is 0.579. The normalized spacial score (nSPS) is 28.2. The molecule has 2 heterocycles. The number of carbonyl (C=O) groups excluding carboxylic acids is 1. The first-order chi connectivity index (χ1) is 12.6. The number of rotatable bonds is 4. The number of aliphatic hydroxyl groups is 1. The lowest BCUT2D eigenvalue weighted by Crippen LogP contribution is -2.44. The lowest BCUT2D eigenvalue weighted by Gasteiger charge is -2.40. The molecule has 1 N–H and O–H groups in total. The third kappa shape index (κ3) is 3.11. The van der Waals surface area contributed by atoms with Crippen LogP contribution in [-0.4, -0.2) is 54.8 Å². The van der Waals surface area contributed by atoms with E-state index >= 15 is 0 Å². The number of tetrazole rings is 1. The van der Waals surface area contributed by atoms with E-state index in [1.165, 1.54) is 0 Å². The Labute approximate surface area is 153 Å². The van der Waals surface area contributed by atoms with E-state index in [4.69, 9.17) is 0 Å². The first-order valence-electron chi connectivity index (χ1n) is 9.40. The van der Waals surface area contributed by atoms with Gasteiger partial charge in [0.2, 0.25) is 0 Å². The second kappa shape index (κ2) is 6.79. The van der Waals surface area contributed by atoms with Gasteiger partial charge in [0.1, 0.15) is 6.33 Å². The lowest BCUT2D eigenvalue weighted by molar-refractivity contribution is -0.0609. The molecule has 1 saturated heterocycles. The third-order valence-corrected chi connectivity index (χ3v) is 6.15. The molecule has 2 fully saturated rings. The van der Waals surface area contributed by atoms with Crippen LogP contribution in [0.1, 0.15) is 48.5 Å². The second-order valence-electron chi connectivity index (χ2n) is 7.63. The highest BCUT2D eigenvalue weighted by atomic mass is 16.3. The van der Waals surface area contributed by atoms with E-state index in [1.54, 1.807) is 11.0 Å². The number of benzene rings is 1. The molecular weight excluding hydrogens is 330 g/mol. The number of likely N-dealkylation sites (tertiary alicyclic amines) is 1. The third-order valence-electron chi connectivity index (χ3n) is 6.15. The highest BCUT2D eigenvalue weighted by Gasteiger charge is 2.48. The van der Waals surface area contributed by atoms with E-state index in [0.717, 1.165) is 37.8 Å². The molecule has 1 aliphatic carbocycles. The zero-order valence-corrected chi connectivity index (χ0v) is 15.1. The number of fused-ring (bicyclic) bond motifs is 1. The Morgan fingerprint density at radius 1 is 1.31 bits per heavy atom. The summed E-state index contributed by atoms with van der Waals surface area (Å²) in [5, 5.41) is 22.0. The maximum Gasteiger partial charge on any atom is 0.253 e. The van der Waals surface area contributed by atoms with Crippen LogP contribution in [0.5, 0.6) is 0 Å². The van der Waals surface area contributed by atoms with E-state index in [0.29, 0.717) is 24.6 Å². The zero-order chi connectivity index (χ0) is 18.1. The second-order valence-corrected chi connectivity index (χ2v) is 7.63. The van der Waals surface area contributed by atoms with Gasteiger partial charge in [0.25, 0.3) is 5.91 Å². The Kier molecular flexibility index (Phi) is 4.48. The Morgan fingerprint density at radius 2 is 2.12 bits per heavy atom. The smallest absolute Gasteiger partial charge is 0.253 e. The van der Waals surface area contributed by atoms with Crippen LogP contribution in [0.4, 0.5) is 0 Å². The SMILES string of the molecule is CC[C@]1(O)CCC[C@H]2CN(C(=O)c3ccc(Cn4cnnn4)cc3)C[C@H]21. The van der Waals surface area contributed by atoms with Crippen molar-refractivity contribution in [3.05, 3.63) is 41.7 Å². The fourth-order valence-corrected chi connectivity index (χ4v) is 4.61.